The molecule has 0 radical (unpaired) electrons. The fourth-order valence-corrected chi connectivity index (χ4v) is 1.95. The van der Waals surface area contributed by atoms with Gasteiger partial charge in [0.15, 0.2) is 0 Å². The number of hydrogen-bond acceptors (Lipinski definition) is 3. The summed E-state index contributed by atoms with van der Waals surface area (Å²) in [7, 11) is 0. The van der Waals surface area contributed by atoms with Gasteiger partial charge in [0.2, 0.25) is 0 Å². The van der Waals surface area contributed by atoms with Gasteiger partial charge in [0, 0.05) is 25.2 Å². The molecule has 1 heterocycles. The van der Waals surface area contributed by atoms with Crippen molar-refractivity contribution < 1.29 is 14.3 Å². The van der Waals surface area contributed by atoms with E-state index in [4.69, 9.17) is 5.11 Å². The monoisotopic (exact) mass is 238 g/mol. The first-order valence-corrected chi connectivity index (χ1v) is 5.52. The maximum Gasteiger partial charge on any atom is 0.305 e. The number of carboxylic acids is 1. The summed E-state index contributed by atoms with van der Waals surface area (Å²) >= 11 is 0. The van der Waals surface area contributed by atoms with Crippen molar-refractivity contribution in [1.82, 2.24) is 10.6 Å². The Bertz CT molecular complexity index is 419. The minimum absolute atomic E-state index is 0.0501. The Labute approximate surface area is 98.8 Å². The fraction of sp³-hybridized carbons (Fsp3) is 0.417. The first kappa shape index (κ1) is 12.0. The maximum absolute atomic E-state index is 13.4. The molecule has 1 aromatic carbocycles. The molecule has 0 aromatic heterocycles. The molecule has 1 saturated heterocycles. The molecular weight excluding hydrogens is 223 g/mol. The predicted molar refractivity (Wildman–Crippen MR) is 61.1 cm³/mol. The summed E-state index contributed by atoms with van der Waals surface area (Å²) < 4.78 is 13.4. The molecule has 92 valence electrons. The lowest BCUT2D eigenvalue weighted by atomic mass is 9.88. The van der Waals surface area contributed by atoms with E-state index in [0.717, 1.165) is 0 Å². The Balaban J connectivity index is 1.97. The van der Waals surface area contributed by atoms with Gasteiger partial charge in [-0.1, -0.05) is 18.2 Å². The second-order valence-electron chi connectivity index (χ2n) is 4.40. The van der Waals surface area contributed by atoms with Crippen LogP contribution in [0.25, 0.3) is 0 Å². The van der Waals surface area contributed by atoms with Crippen LogP contribution in [0.4, 0.5) is 4.39 Å². The van der Waals surface area contributed by atoms with Gasteiger partial charge in [-0.3, -0.25) is 4.79 Å². The van der Waals surface area contributed by atoms with Crippen LogP contribution in [0.15, 0.2) is 24.3 Å². The van der Waals surface area contributed by atoms with E-state index in [-0.39, 0.29) is 12.2 Å². The SMILES string of the molecule is O=C(O)CC1(NCc2ccccc2F)CNC1. The topological polar surface area (TPSA) is 61.4 Å². The fourth-order valence-electron chi connectivity index (χ4n) is 1.95. The van der Waals surface area contributed by atoms with E-state index >= 15 is 0 Å². The number of benzene rings is 1. The first-order valence-electron chi connectivity index (χ1n) is 5.52. The molecule has 1 aromatic rings. The maximum atomic E-state index is 13.4. The molecule has 0 bridgehead atoms. The zero-order valence-electron chi connectivity index (χ0n) is 9.37. The third-order valence-electron chi connectivity index (χ3n) is 3.03. The number of rotatable bonds is 5. The van der Waals surface area contributed by atoms with Gasteiger partial charge in [-0.2, -0.15) is 0 Å². The Morgan fingerprint density at radius 1 is 1.47 bits per heavy atom. The van der Waals surface area contributed by atoms with Crippen molar-refractivity contribution >= 4 is 5.97 Å². The van der Waals surface area contributed by atoms with E-state index in [1.165, 1.54) is 6.07 Å². The van der Waals surface area contributed by atoms with Gasteiger partial charge in [0.05, 0.1) is 12.0 Å². The van der Waals surface area contributed by atoms with Crippen molar-refractivity contribution in [3.8, 4) is 0 Å². The van der Waals surface area contributed by atoms with E-state index in [2.05, 4.69) is 10.6 Å². The molecule has 4 nitrogen and oxygen atoms in total. The molecule has 0 aliphatic carbocycles. The molecule has 0 spiro atoms. The van der Waals surface area contributed by atoms with E-state index in [0.29, 0.717) is 25.2 Å². The van der Waals surface area contributed by atoms with Crippen molar-refractivity contribution in [1.29, 1.82) is 0 Å². The highest BCUT2D eigenvalue weighted by Crippen LogP contribution is 2.17. The predicted octanol–water partition coefficient (Wildman–Crippen LogP) is 0.732. The van der Waals surface area contributed by atoms with Crippen LogP contribution in [0.5, 0.6) is 0 Å². The summed E-state index contributed by atoms with van der Waals surface area (Å²) in [4.78, 5) is 10.7. The highest BCUT2D eigenvalue weighted by Gasteiger charge is 2.38. The van der Waals surface area contributed by atoms with Gasteiger partial charge in [0.25, 0.3) is 0 Å². The number of carboxylic acid groups (broad SMARTS) is 1. The Hall–Kier alpha value is -1.46. The van der Waals surface area contributed by atoms with Crippen LogP contribution < -0.4 is 10.6 Å². The normalized spacial score (nSPS) is 17.5. The highest BCUT2D eigenvalue weighted by atomic mass is 19.1. The molecule has 1 fully saturated rings. The molecule has 1 aliphatic rings. The van der Waals surface area contributed by atoms with Crippen molar-refractivity contribution in [3.05, 3.63) is 35.6 Å². The van der Waals surface area contributed by atoms with Crippen LogP contribution in [0.1, 0.15) is 12.0 Å². The molecule has 0 amide bonds. The van der Waals surface area contributed by atoms with E-state index in [1.807, 2.05) is 0 Å². The third kappa shape index (κ3) is 2.81. The molecule has 17 heavy (non-hydrogen) atoms. The number of carbonyl (C=O) groups is 1. The average Bonchev–Trinajstić information content (AvgIpc) is 2.23. The largest absolute Gasteiger partial charge is 0.481 e. The van der Waals surface area contributed by atoms with Crippen LogP contribution in [0, 0.1) is 5.82 Å². The minimum atomic E-state index is -0.840. The molecule has 3 N–H and O–H groups in total. The third-order valence-corrected chi connectivity index (χ3v) is 3.03. The van der Waals surface area contributed by atoms with Gasteiger partial charge in [-0.15, -0.1) is 0 Å². The summed E-state index contributed by atoms with van der Waals surface area (Å²) in [5, 5.41) is 15.0. The van der Waals surface area contributed by atoms with Crippen molar-refractivity contribution in [2.45, 2.75) is 18.5 Å². The van der Waals surface area contributed by atoms with Gasteiger partial charge in [-0.25, -0.2) is 4.39 Å². The molecule has 0 atom stereocenters. The standard InChI is InChI=1S/C12H15FN2O2/c13-10-4-2-1-3-9(10)6-15-12(5-11(16)17)7-14-8-12/h1-4,14-15H,5-8H2,(H,16,17). The van der Waals surface area contributed by atoms with Gasteiger partial charge in [0.1, 0.15) is 5.82 Å². The van der Waals surface area contributed by atoms with Gasteiger partial charge in [-0.05, 0) is 6.07 Å². The Morgan fingerprint density at radius 2 is 2.18 bits per heavy atom. The van der Waals surface area contributed by atoms with Crippen LogP contribution >= 0.6 is 0 Å². The highest BCUT2D eigenvalue weighted by molar-refractivity contribution is 5.68. The summed E-state index contributed by atoms with van der Waals surface area (Å²) in [6.45, 7) is 1.56. The second-order valence-corrected chi connectivity index (χ2v) is 4.40. The molecule has 2 rings (SSSR count). The summed E-state index contributed by atoms with van der Waals surface area (Å²) in [6, 6.07) is 6.50. The van der Waals surface area contributed by atoms with Crippen LogP contribution in [-0.2, 0) is 11.3 Å². The van der Waals surface area contributed by atoms with Crippen molar-refractivity contribution in [3.63, 3.8) is 0 Å². The van der Waals surface area contributed by atoms with E-state index < -0.39 is 11.5 Å². The molecule has 1 aliphatic heterocycles. The van der Waals surface area contributed by atoms with Crippen LogP contribution in [0.3, 0.4) is 0 Å². The molecule has 5 heteroatoms. The first-order chi connectivity index (χ1) is 8.11. The van der Waals surface area contributed by atoms with Crippen LogP contribution in [0.2, 0.25) is 0 Å². The Kier molecular flexibility index (Phi) is 3.40. The lowest BCUT2D eigenvalue weighted by Gasteiger charge is -2.42. The van der Waals surface area contributed by atoms with Gasteiger partial charge >= 0.3 is 5.97 Å². The lowest BCUT2D eigenvalue weighted by Crippen LogP contribution is -2.68. The number of aliphatic carboxylic acids is 1. The van der Waals surface area contributed by atoms with E-state index in [1.54, 1.807) is 18.2 Å². The van der Waals surface area contributed by atoms with E-state index in [9.17, 15) is 9.18 Å². The summed E-state index contributed by atoms with van der Waals surface area (Å²) in [5.41, 5.74) is 0.123. The number of halogens is 1. The molecule has 0 unspecified atom stereocenters. The Morgan fingerprint density at radius 3 is 2.71 bits per heavy atom. The quantitative estimate of drug-likeness (QED) is 0.708. The molecular formula is C12H15FN2O2. The van der Waals surface area contributed by atoms with Crippen molar-refractivity contribution in [2.75, 3.05) is 13.1 Å². The number of hydrogen-bond donors (Lipinski definition) is 3. The molecule has 0 saturated carbocycles. The van der Waals surface area contributed by atoms with Crippen LogP contribution in [-0.4, -0.2) is 29.7 Å². The average molecular weight is 238 g/mol. The van der Waals surface area contributed by atoms with Crippen molar-refractivity contribution in [2.24, 2.45) is 0 Å². The summed E-state index contributed by atoms with van der Waals surface area (Å²) in [6.07, 6.45) is 0.0501. The summed E-state index contributed by atoms with van der Waals surface area (Å²) in [5.74, 6) is -1.11. The smallest absolute Gasteiger partial charge is 0.305 e. The lowest BCUT2D eigenvalue weighted by molar-refractivity contribution is -0.139. The zero-order chi connectivity index (χ0) is 12.3. The zero-order valence-corrected chi connectivity index (χ0v) is 9.37. The second kappa shape index (κ2) is 4.81. The number of nitrogens with one attached hydrogen (secondary N) is 2. The van der Waals surface area contributed by atoms with Gasteiger partial charge < -0.3 is 15.7 Å². The minimum Gasteiger partial charge on any atom is -0.481 e.